The summed E-state index contributed by atoms with van der Waals surface area (Å²) in [4.78, 5) is 18.8. The van der Waals surface area contributed by atoms with Gasteiger partial charge in [0, 0.05) is 5.56 Å². The number of thioether (sulfide) groups is 1. The fourth-order valence-electron chi connectivity index (χ4n) is 2.15. The Morgan fingerprint density at radius 1 is 1.45 bits per heavy atom. The van der Waals surface area contributed by atoms with Gasteiger partial charge < -0.3 is 14.8 Å². The van der Waals surface area contributed by atoms with E-state index in [1.54, 1.807) is 12.3 Å². The zero-order valence-corrected chi connectivity index (χ0v) is 13.5. The Morgan fingerprint density at radius 2 is 2.14 bits per heavy atom. The first-order chi connectivity index (χ1) is 10.4. The van der Waals surface area contributed by atoms with E-state index in [9.17, 15) is 15.2 Å². The molecule has 0 aliphatic carbocycles. The minimum absolute atomic E-state index is 0.132. The van der Waals surface area contributed by atoms with Crippen molar-refractivity contribution in [3.8, 4) is 28.8 Å². The number of benzene rings is 1. The van der Waals surface area contributed by atoms with Crippen molar-refractivity contribution in [1.29, 1.82) is 5.26 Å². The molecular formula is C15H15N3O3S. The van der Waals surface area contributed by atoms with Crippen molar-refractivity contribution in [3.05, 3.63) is 33.1 Å². The number of nitriles is 1. The topological polar surface area (TPSA) is 99.0 Å². The van der Waals surface area contributed by atoms with Crippen LogP contribution in [0.4, 0.5) is 0 Å². The molecule has 1 aromatic heterocycles. The van der Waals surface area contributed by atoms with Gasteiger partial charge in [-0.15, -0.1) is 0 Å². The number of nitrogens with zero attached hydrogens (tertiary/aromatic N) is 2. The van der Waals surface area contributed by atoms with E-state index in [2.05, 4.69) is 9.97 Å². The van der Waals surface area contributed by atoms with Crippen molar-refractivity contribution in [1.82, 2.24) is 9.97 Å². The van der Waals surface area contributed by atoms with Crippen molar-refractivity contribution >= 4 is 11.8 Å². The third kappa shape index (κ3) is 2.53. The quantitative estimate of drug-likeness (QED) is 0.666. The predicted octanol–water partition coefficient (Wildman–Crippen LogP) is 2.36. The van der Waals surface area contributed by atoms with E-state index >= 15 is 0 Å². The van der Waals surface area contributed by atoms with E-state index in [1.807, 2.05) is 19.9 Å². The van der Waals surface area contributed by atoms with Crippen molar-refractivity contribution < 1.29 is 9.84 Å². The second-order valence-corrected chi connectivity index (χ2v) is 5.45. The van der Waals surface area contributed by atoms with Crippen LogP contribution in [0, 0.1) is 25.2 Å². The first-order valence-electron chi connectivity index (χ1n) is 6.40. The summed E-state index contributed by atoms with van der Waals surface area (Å²) in [5.74, 6) is 0.180. The summed E-state index contributed by atoms with van der Waals surface area (Å²) >= 11 is 1.25. The molecule has 0 aliphatic rings. The lowest BCUT2D eigenvalue weighted by atomic mass is 9.99. The Bertz CT molecular complexity index is 837. The number of aryl methyl sites for hydroxylation is 1. The first-order valence-corrected chi connectivity index (χ1v) is 7.63. The van der Waals surface area contributed by atoms with Gasteiger partial charge in [-0.3, -0.25) is 4.79 Å². The van der Waals surface area contributed by atoms with Crippen molar-refractivity contribution in [2.75, 3.05) is 13.4 Å². The Labute approximate surface area is 131 Å². The number of aromatic nitrogens is 2. The zero-order valence-electron chi connectivity index (χ0n) is 12.6. The third-order valence-corrected chi connectivity index (χ3v) is 4.01. The van der Waals surface area contributed by atoms with Crippen LogP contribution in [-0.2, 0) is 0 Å². The Morgan fingerprint density at radius 3 is 2.68 bits per heavy atom. The number of aromatic amines is 1. The SMILES string of the molecule is COc1c(C)c(C)cc(-c2nc(SC)[nH]c(=O)c2C#N)c1O. The van der Waals surface area contributed by atoms with Crippen LogP contribution in [0.3, 0.4) is 0 Å². The molecule has 2 aromatic rings. The van der Waals surface area contributed by atoms with Crippen LogP contribution in [0.5, 0.6) is 11.5 Å². The summed E-state index contributed by atoms with van der Waals surface area (Å²) in [6.07, 6.45) is 1.76. The maximum absolute atomic E-state index is 12.0. The highest BCUT2D eigenvalue weighted by Crippen LogP contribution is 2.41. The minimum atomic E-state index is -0.534. The van der Waals surface area contributed by atoms with Crippen molar-refractivity contribution in [2.24, 2.45) is 0 Å². The molecule has 114 valence electrons. The van der Waals surface area contributed by atoms with Crippen LogP contribution in [0.15, 0.2) is 16.0 Å². The molecule has 0 atom stereocenters. The van der Waals surface area contributed by atoms with E-state index in [4.69, 9.17) is 4.74 Å². The van der Waals surface area contributed by atoms with E-state index in [-0.39, 0.29) is 17.0 Å². The van der Waals surface area contributed by atoms with Gasteiger partial charge in [-0.25, -0.2) is 4.98 Å². The van der Waals surface area contributed by atoms with Gasteiger partial charge in [0.15, 0.2) is 16.7 Å². The third-order valence-electron chi connectivity index (χ3n) is 3.43. The van der Waals surface area contributed by atoms with Crippen LogP contribution >= 0.6 is 11.8 Å². The second kappa shape index (κ2) is 6.12. The number of H-pyrrole nitrogens is 1. The molecule has 0 radical (unpaired) electrons. The average Bonchev–Trinajstić information content (AvgIpc) is 2.50. The molecule has 2 N–H and O–H groups in total. The number of phenols is 1. The molecule has 0 saturated heterocycles. The highest BCUT2D eigenvalue weighted by atomic mass is 32.2. The van der Waals surface area contributed by atoms with Gasteiger partial charge in [-0.2, -0.15) is 5.26 Å². The number of rotatable bonds is 3. The van der Waals surface area contributed by atoms with Crippen molar-refractivity contribution in [3.63, 3.8) is 0 Å². The maximum Gasteiger partial charge on any atom is 0.270 e. The van der Waals surface area contributed by atoms with Crippen LogP contribution in [0.1, 0.15) is 16.7 Å². The number of hydrogen-bond donors (Lipinski definition) is 2. The molecule has 0 bridgehead atoms. The number of phenolic OH excluding ortho intramolecular Hbond substituents is 1. The minimum Gasteiger partial charge on any atom is -0.504 e. The van der Waals surface area contributed by atoms with Gasteiger partial charge in [0.1, 0.15) is 17.3 Å². The summed E-state index contributed by atoms with van der Waals surface area (Å²) in [6.45, 7) is 3.68. The molecule has 1 aromatic carbocycles. The van der Waals surface area contributed by atoms with Crippen molar-refractivity contribution in [2.45, 2.75) is 19.0 Å². The molecule has 0 fully saturated rings. The normalized spacial score (nSPS) is 10.3. The Hall–Kier alpha value is -2.46. The van der Waals surface area contributed by atoms with Gasteiger partial charge in [0.25, 0.3) is 5.56 Å². The molecule has 0 spiro atoms. The van der Waals surface area contributed by atoms with Gasteiger partial charge in [-0.1, -0.05) is 11.8 Å². The lowest BCUT2D eigenvalue weighted by molar-refractivity contribution is 0.371. The lowest BCUT2D eigenvalue weighted by Gasteiger charge is -2.14. The van der Waals surface area contributed by atoms with E-state index in [1.165, 1.54) is 18.9 Å². The molecule has 0 aliphatic heterocycles. The zero-order chi connectivity index (χ0) is 16.4. The number of ether oxygens (including phenoxy) is 1. The van der Waals surface area contributed by atoms with Gasteiger partial charge in [0.2, 0.25) is 0 Å². The molecule has 0 saturated carbocycles. The highest BCUT2D eigenvalue weighted by molar-refractivity contribution is 7.98. The summed E-state index contributed by atoms with van der Waals surface area (Å²) in [5, 5.41) is 20.0. The van der Waals surface area contributed by atoms with Gasteiger partial charge >= 0.3 is 0 Å². The number of nitrogens with one attached hydrogen (secondary N) is 1. The first kappa shape index (κ1) is 15.9. The fourth-order valence-corrected chi connectivity index (χ4v) is 2.53. The van der Waals surface area contributed by atoms with Gasteiger partial charge in [-0.05, 0) is 37.3 Å². The largest absolute Gasteiger partial charge is 0.504 e. The molecular weight excluding hydrogens is 302 g/mol. The monoisotopic (exact) mass is 317 g/mol. The smallest absolute Gasteiger partial charge is 0.270 e. The lowest BCUT2D eigenvalue weighted by Crippen LogP contribution is -2.14. The molecule has 7 heteroatoms. The maximum atomic E-state index is 12.0. The van der Waals surface area contributed by atoms with Gasteiger partial charge in [0.05, 0.1) is 7.11 Å². The molecule has 6 nitrogen and oxygen atoms in total. The summed E-state index contributed by atoms with van der Waals surface area (Å²) in [7, 11) is 1.45. The fraction of sp³-hybridized carbons (Fsp3) is 0.267. The number of methoxy groups -OCH3 is 1. The van der Waals surface area contributed by atoms with Crippen LogP contribution in [-0.4, -0.2) is 28.4 Å². The summed E-state index contributed by atoms with van der Waals surface area (Å²) in [5.41, 5.74) is 1.43. The summed E-state index contributed by atoms with van der Waals surface area (Å²) < 4.78 is 5.23. The molecule has 0 unspecified atom stereocenters. The standard InChI is InChI=1S/C15H15N3O3S/c1-7-5-9(12(19)13(21-3)8(7)2)11-10(6-16)14(20)18-15(17-11)22-4/h5,19H,1-4H3,(H,17,18,20). The highest BCUT2D eigenvalue weighted by Gasteiger charge is 2.21. The van der Waals surface area contributed by atoms with E-state index < -0.39 is 5.56 Å². The number of aromatic hydroxyl groups is 1. The second-order valence-electron chi connectivity index (χ2n) is 4.66. The molecule has 22 heavy (non-hydrogen) atoms. The van der Waals surface area contributed by atoms with Crippen LogP contribution in [0.2, 0.25) is 0 Å². The van der Waals surface area contributed by atoms with Crippen LogP contribution < -0.4 is 10.3 Å². The summed E-state index contributed by atoms with van der Waals surface area (Å²) in [6, 6.07) is 3.54. The van der Waals surface area contributed by atoms with Crippen LogP contribution in [0.25, 0.3) is 11.3 Å². The predicted molar refractivity (Wildman–Crippen MR) is 84.5 cm³/mol. The Kier molecular flexibility index (Phi) is 4.43. The Balaban J connectivity index is 2.89. The molecule has 2 rings (SSSR count). The number of hydrogen-bond acceptors (Lipinski definition) is 6. The molecule has 0 amide bonds. The van der Waals surface area contributed by atoms with E-state index in [0.29, 0.717) is 16.5 Å². The van der Waals surface area contributed by atoms with E-state index in [0.717, 1.165) is 11.1 Å². The molecule has 1 heterocycles. The average molecular weight is 317 g/mol.